The molecule has 0 aromatic carbocycles. The maximum atomic E-state index is 5.14. The summed E-state index contributed by atoms with van der Waals surface area (Å²) in [6.07, 6.45) is 1.03. The Morgan fingerprint density at radius 1 is 1.40 bits per heavy atom. The van der Waals surface area contributed by atoms with E-state index in [0.717, 1.165) is 17.9 Å². The van der Waals surface area contributed by atoms with Crippen LogP contribution in [-0.4, -0.2) is 24.7 Å². The van der Waals surface area contributed by atoms with Crippen LogP contribution in [0.5, 0.6) is 0 Å². The second-order valence-electron chi connectivity index (χ2n) is 3.88. The van der Waals surface area contributed by atoms with E-state index < -0.39 is 0 Å². The minimum atomic E-state index is 0.337. The monoisotopic (exact) mass is 208 g/mol. The molecule has 0 bridgehead atoms. The predicted octanol–water partition coefficient (Wildman–Crippen LogP) is 2.54. The number of aromatic nitrogens is 1. The van der Waals surface area contributed by atoms with Gasteiger partial charge in [-0.15, -0.1) is 0 Å². The molecule has 1 N–H and O–H groups in total. The molecule has 0 fully saturated rings. The van der Waals surface area contributed by atoms with Gasteiger partial charge in [0.05, 0.1) is 12.6 Å². The zero-order chi connectivity index (χ0) is 11.3. The van der Waals surface area contributed by atoms with Crippen LogP contribution < -0.4 is 5.32 Å². The molecule has 0 radical (unpaired) electrons. The molecule has 3 nitrogen and oxygen atoms in total. The van der Waals surface area contributed by atoms with E-state index in [1.54, 1.807) is 7.11 Å². The lowest BCUT2D eigenvalue weighted by atomic mass is 10.2. The summed E-state index contributed by atoms with van der Waals surface area (Å²) in [7, 11) is 1.72. The molecule has 0 spiro atoms. The molecule has 1 aromatic rings. The number of nitrogens with one attached hydrogen (secondary N) is 1. The molecule has 0 aliphatic rings. The van der Waals surface area contributed by atoms with Crippen LogP contribution in [0, 0.1) is 13.8 Å². The minimum absolute atomic E-state index is 0.337. The highest BCUT2D eigenvalue weighted by atomic mass is 16.5. The molecule has 1 unspecified atom stereocenters. The summed E-state index contributed by atoms with van der Waals surface area (Å²) < 4.78 is 5.14. The molecule has 0 amide bonds. The van der Waals surface area contributed by atoms with Crippen LogP contribution in [-0.2, 0) is 4.74 Å². The van der Waals surface area contributed by atoms with Crippen LogP contribution in [0.15, 0.2) is 12.1 Å². The van der Waals surface area contributed by atoms with E-state index in [1.807, 2.05) is 6.92 Å². The van der Waals surface area contributed by atoms with E-state index in [9.17, 15) is 0 Å². The van der Waals surface area contributed by atoms with Crippen LogP contribution >= 0.6 is 0 Å². The first-order chi connectivity index (χ1) is 7.15. The van der Waals surface area contributed by atoms with Crippen molar-refractivity contribution in [1.82, 2.24) is 4.98 Å². The molecular weight excluding hydrogens is 188 g/mol. The van der Waals surface area contributed by atoms with Gasteiger partial charge in [0, 0.05) is 12.8 Å². The lowest BCUT2D eigenvalue weighted by molar-refractivity contribution is 0.184. The van der Waals surface area contributed by atoms with E-state index in [1.165, 1.54) is 5.56 Å². The van der Waals surface area contributed by atoms with Crippen molar-refractivity contribution in [3.8, 4) is 0 Å². The zero-order valence-corrected chi connectivity index (χ0v) is 10.0. The van der Waals surface area contributed by atoms with Gasteiger partial charge in [-0.1, -0.05) is 6.92 Å². The van der Waals surface area contributed by atoms with Gasteiger partial charge < -0.3 is 10.1 Å². The largest absolute Gasteiger partial charge is 0.383 e. The van der Waals surface area contributed by atoms with Crippen LogP contribution in [0.3, 0.4) is 0 Å². The number of hydrogen-bond donors (Lipinski definition) is 1. The Hall–Kier alpha value is -1.09. The Morgan fingerprint density at radius 3 is 2.67 bits per heavy atom. The van der Waals surface area contributed by atoms with Crippen molar-refractivity contribution in [2.75, 3.05) is 19.0 Å². The van der Waals surface area contributed by atoms with Crippen molar-refractivity contribution in [2.45, 2.75) is 33.2 Å². The molecule has 0 saturated heterocycles. The third-order valence-electron chi connectivity index (χ3n) is 2.31. The van der Waals surface area contributed by atoms with Crippen molar-refractivity contribution in [3.05, 3.63) is 23.4 Å². The molecule has 0 aliphatic carbocycles. The maximum absolute atomic E-state index is 5.14. The predicted molar refractivity (Wildman–Crippen MR) is 63.3 cm³/mol. The molecule has 1 aromatic heterocycles. The van der Waals surface area contributed by atoms with E-state index in [0.29, 0.717) is 12.6 Å². The number of hydrogen-bond acceptors (Lipinski definition) is 3. The first kappa shape index (κ1) is 12.0. The van der Waals surface area contributed by atoms with Crippen molar-refractivity contribution >= 4 is 5.82 Å². The topological polar surface area (TPSA) is 34.1 Å². The summed E-state index contributed by atoms with van der Waals surface area (Å²) in [6.45, 7) is 6.94. The average molecular weight is 208 g/mol. The Morgan fingerprint density at radius 2 is 2.13 bits per heavy atom. The molecule has 0 aliphatic heterocycles. The van der Waals surface area contributed by atoms with Crippen LogP contribution in [0.25, 0.3) is 0 Å². The summed E-state index contributed by atoms with van der Waals surface area (Å²) in [5.74, 6) is 0.941. The zero-order valence-electron chi connectivity index (χ0n) is 10.0. The van der Waals surface area contributed by atoms with Gasteiger partial charge in [-0.3, -0.25) is 0 Å². The highest BCUT2D eigenvalue weighted by Crippen LogP contribution is 2.11. The van der Waals surface area contributed by atoms with E-state index in [4.69, 9.17) is 4.74 Å². The number of pyridine rings is 1. The number of ether oxygens (including phenoxy) is 1. The molecule has 15 heavy (non-hydrogen) atoms. The lowest BCUT2D eigenvalue weighted by Gasteiger charge is -2.17. The van der Waals surface area contributed by atoms with E-state index >= 15 is 0 Å². The van der Waals surface area contributed by atoms with Gasteiger partial charge >= 0.3 is 0 Å². The van der Waals surface area contributed by atoms with Gasteiger partial charge in [0.15, 0.2) is 0 Å². The molecule has 1 rings (SSSR count). The number of nitrogens with zero attached hydrogens (tertiary/aromatic N) is 1. The van der Waals surface area contributed by atoms with Crippen LogP contribution in [0.4, 0.5) is 5.82 Å². The smallest absolute Gasteiger partial charge is 0.126 e. The average Bonchev–Trinajstić information content (AvgIpc) is 2.15. The fourth-order valence-corrected chi connectivity index (χ4v) is 1.59. The van der Waals surface area contributed by atoms with Crippen molar-refractivity contribution in [2.24, 2.45) is 0 Å². The lowest BCUT2D eigenvalue weighted by Crippen LogP contribution is -2.24. The van der Waals surface area contributed by atoms with Crippen LogP contribution in [0.1, 0.15) is 24.6 Å². The summed E-state index contributed by atoms with van der Waals surface area (Å²) in [4.78, 5) is 4.44. The number of rotatable bonds is 5. The molecule has 1 heterocycles. The molecule has 84 valence electrons. The summed E-state index contributed by atoms with van der Waals surface area (Å²) in [6, 6.07) is 4.47. The molecule has 0 saturated carbocycles. The minimum Gasteiger partial charge on any atom is -0.383 e. The number of anilines is 1. The Kier molecular flexibility index (Phi) is 4.56. The highest BCUT2D eigenvalue weighted by Gasteiger charge is 2.06. The Bertz CT molecular complexity index is 292. The first-order valence-corrected chi connectivity index (χ1v) is 5.36. The van der Waals surface area contributed by atoms with Crippen molar-refractivity contribution < 1.29 is 4.74 Å². The maximum Gasteiger partial charge on any atom is 0.126 e. The standard InChI is InChI=1S/C12H20N2O/c1-5-11(8-15-4)14-12-7-9(2)6-10(3)13-12/h6-7,11H,5,8H2,1-4H3,(H,13,14). The second kappa shape index (κ2) is 5.71. The third-order valence-corrected chi connectivity index (χ3v) is 2.31. The van der Waals surface area contributed by atoms with Gasteiger partial charge in [-0.2, -0.15) is 0 Å². The molecule has 1 atom stereocenters. The quantitative estimate of drug-likeness (QED) is 0.807. The van der Waals surface area contributed by atoms with Crippen molar-refractivity contribution in [1.29, 1.82) is 0 Å². The summed E-state index contributed by atoms with van der Waals surface area (Å²) in [5, 5.41) is 3.38. The third kappa shape index (κ3) is 3.88. The van der Waals surface area contributed by atoms with Gasteiger partial charge in [0.1, 0.15) is 5.82 Å². The van der Waals surface area contributed by atoms with E-state index in [2.05, 4.69) is 36.3 Å². The summed E-state index contributed by atoms with van der Waals surface area (Å²) in [5.41, 5.74) is 2.28. The highest BCUT2D eigenvalue weighted by molar-refractivity contribution is 5.39. The van der Waals surface area contributed by atoms with Gasteiger partial charge in [-0.05, 0) is 38.0 Å². The van der Waals surface area contributed by atoms with Gasteiger partial charge in [-0.25, -0.2) is 4.98 Å². The fourth-order valence-electron chi connectivity index (χ4n) is 1.59. The number of aryl methyl sites for hydroxylation is 2. The van der Waals surface area contributed by atoms with Gasteiger partial charge in [0.25, 0.3) is 0 Å². The van der Waals surface area contributed by atoms with Crippen LogP contribution in [0.2, 0.25) is 0 Å². The van der Waals surface area contributed by atoms with Crippen molar-refractivity contribution in [3.63, 3.8) is 0 Å². The Labute approximate surface area is 91.9 Å². The molecular formula is C12H20N2O. The molecule has 3 heteroatoms. The first-order valence-electron chi connectivity index (χ1n) is 5.36. The fraction of sp³-hybridized carbons (Fsp3) is 0.583. The Balaban J connectivity index is 2.69. The normalized spacial score (nSPS) is 12.5. The number of methoxy groups -OCH3 is 1. The second-order valence-corrected chi connectivity index (χ2v) is 3.88. The van der Waals surface area contributed by atoms with Gasteiger partial charge in [0.2, 0.25) is 0 Å². The summed E-state index contributed by atoms with van der Waals surface area (Å²) >= 11 is 0. The SMILES string of the molecule is CCC(COC)Nc1cc(C)cc(C)n1. The van der Waals surface area contributed by atoms with E-state index in [-0.39, 0.29) is 0 Å².